The van der Waals surface area contributed by atoms with E-state index in [2.05, 4.69) is 215 Å². The van der Waals surface area contributed by atoms with Crippen LogP contribution in [0.1, 0.15) is 0 Å². The van der Waals surface area contributed by atoms with Gasteiger partial charge in [0.2, 0.25) is 5.95 Å². The number of para-hydroxylation sites is 2. The van der Waals surface area contributed by atoms with E-state index in [0.29, 0.717) is 17.6 Å². The van der Waals surface area contributed by atoms with Crippen molar-refractivity contribution in [1.82, 2.24) is 29.1 Å². The SMILES string of the molecule is c1ccc(-c2cccc(-c3nc(-c4ccccc4)nc(-n4c5ccccc5c5ccc6c7ccccc7n(-c7cccc(-c8cc(-c9ccccc9)nc(-c9ccccc9)c8)c7)c6c54)n3)c2)cc1. The molecule has 9 aromatic carbocycles. The fourth-order valence-corrected chi connectivity index (χ4v) is 9.79. The van der Waals surface area contributed by atoms with E-state index >= 15 is 0 Å². The van der Waals surface area contributed by atoms with Crippen molar-refractivity contribution < 1.29 is 0 Å². The highest BCUT2D eigenvalue weighted by molar-refractivity contribution is 6.23. The van der Waals surface area contributed by atoms with Crippen LogP contribution in [-0.2, 0) is 0 Å². The summed E-state index contributed by atoms with van der Waals surface area (Å²) in [5, 5.41) is 4.52. The lowest BCUT2D eigenvalue weighted by Gasteiger charge is -2.15. The van der Waals surface area contributed by atoms with Gasteiger partial charge in [0.05, 0.1) is 33.5 Å². The van der Waals surface area contributed by atoms with Crippen molar-refractivity contribution in [2.75, 3.05) is 0 Å². The fourth-order valence-electron chi connectivity index (χ4n) is 9.79. The maximum absolute atomic E-state index is 5.42. The van der Waals surface area contributed by atoms with Crippen molar-refractivity contribution in [2.24, 2.45) is 0 Å². The van der Waals surface area contributed by atoms with Gasteiger partial charge in [-0.1, -0.05) is 200 Å². The minimum atomic E-state index is 0.543. The quantitative estimate of drug-likeness (QED) is 0.153. The summed E-state index contributed by atoms with van der Waals surface area (Å²) in [7, 11) is 0. The van der Waals surface area contributed by atoms with Gasteiger partial charge in [0, 0.05) is 49.5 Å². The van der Waals surface area contributed by atoms with Crippen LogP contribution in [0.2, 0.25) is 0 Å². The van der Waals surface area contributed by atoms with Crippen LogP contribution in [0.15, 0.2) is 243 Å². The number of pyridine rings is 1. The summed E-state index contributed by atoms with van der Waals surface area (Å²) >= 11 is 0. The predicted molar refractivity (Wildman–Crippen MR) is 279 cm³/mol. The molecule has 0 fully saturated rings. The summed E-state index contributed by atoms with van der Waals surface area (Å²) < 4.78 is 4.68. The molecule has 0 atom stereocenters. The summed E-state index contributed by atoms with van der Waals surface area (Å²) in [5.74, 6) is 1.74. The van der Waals surface area contributed by atoms with E-state index < -0.39 is 0 Å². The summed E-state index contributed by atoms with van der Waals surface area (Å²) in [5.41, 5.74) is 15.4. The third-order valence-electron chi connectivity index (χ3n) is 13.0. The molecule has 13 rings (SSSR count). The molecule has 4 heterocycles. The summed E-state index contributed by atoms with van der Waals surface area (Å²) in [6.45, 7) is 0. The molecule has 0 saturated carbocycles. The van der Waals surface area contributed by atoms with E-state index in [1.807, 2.05) is 36.4 Å². The van der Waals surface area contributed by atoms with Crippen LogP contribution in [0.5, 0.6) is 0 Å². The second-order valence-electron chi connectivity index (χ2n) is 17.1. The largest absolute Gasteiger partial charge is 0.307 e. The van der Waals surface area contributed by atoms with Gasteiger partial charge in [-0.15, -0.1) is 0 Å². The number of benzene rings is 9. The minimum absolute atomic E-state index is 0.543. The van der Waals surface area contributed by atoms with Gasteiger partial charge >= 0.3 is 0 Å². The maximum Gasteiger partial charge on any atom is 0.238 e. The molecular formula is C62H40N6. The highest BCUT2D eigenvalue weighted by Crippen LogP contribution is 2.42. The predicted octanol–water partition coefficient (Wildman–Crippen LogP) is 15.5. The third-order valence-corrected chi connectivity index (χ3v) is 13.0. The van der Waals surface area contributed by atoms with Crippen LogP contribution in [0.4, 0.5) is 0 Å². The lowest BCUT2D eigenvalue weighted by atomic mass is 9.99. The van der Waals surface area contributed by atoms with Crippen LogP contribution in [0.3, 0.4) is 0 Å². The molecule has 0 unspecified atom stereocenters. The van der Waals surface area contributed by atoms with Crippen LogP contribution < -0.4 is 0 Å². The topological polar surface area (TPSA) is 61.4 Å². The van der Waals surface area contributed by atoms with Gasteiger partial charge in [0.15, 0.2) is 11.6 Å². The lowest BCUT2D eigenvalue weighted by molar-refractivity contribution is 0.953. The van der Waals surface area contributed by atoms with Crippen LogP contribution >= 0.6 is 0 Å². The van der Waals surface area contributed by atoms with Gasteiger partial charge in [0.1, 0.15) is 0 Å². The maximum atomic E-state index is 5.42. The Balaban J connectivity index is 1.07. The van der Waals surface area contributed by atoms with Gasteiger partial charge in [-0.05, 0) is 64.7 Å². The molecule has 0 bridgehead atoms. The normalized spacial score (nSPS) is 11.5. The lowest BCUT2D eigenvalue weighted by Crippen LogP contribution is -2.07. The average Bonchev–Trinajstić information content (AvgIpc) is 3.95. The van der Waals surface area contributed by atoms with Crippen molar-refractivity contribution in [3.05, 3.63) is 243 Å². The second-order valence-corrected chi connectivity index (χ2v) is 17.1. The van der Waals surface area contributed by atoms with E-state index in [1.54, 1.807) is 0 Å². The molecule has 13 aromatic rings. The molecule has 0 amide bonds. The van der Waals surface area contributed by atoms with Gasteiger partial charge in [-0.2, -0.15) is 9.97 Å². The zero-order valence-corrected chi connectivity index (χ0v) is 36.8. The van der Waals surface area contributed by atoms with Gasteiger partial charge in [-0.25, -0.2) is 9.97 Å². The number of hydrogen-bond donors (Lipinski definition) is 0. The Kier molecular flexibility index (Phi) is 9.39. The molecule has 0 aliphatic heterocycles. The number of aromatic nitrogens is 6. The van der Waals surface area contributed by atoms with Crippen LogP contribution in [-0.4, -0.2) is 29.1 Å². The van der Waals surface area contributed by atoms with Crippen LogP contribution in [0, 0.1) is 0 Å². The van der Waals surface area contributed by atoms with Gasteiger partial charge in [-0.3, -0.25) is 4.57 Å². The van der Waals surface area contributed by atoms with Crippen molar-refractivity contribution >= 4 is 43.6 Å². The molecule has 0 N–H and O–H groups in total. The average molecular weight is 869 g/mol. The summed E-state index contributed by atoms with van der Waals surface area (Å²) in [6, 6.07) is 85.1. The Morgan fingerprint density at radius 3 is 1.29 bits per heavy atom. The molecule has 6 nitrogen and oxygen atoms in total. The molecule has 0 spiro atoms. The molecule has 68 heavy (non-hydrogen) atoms. The van der Waals surface area contributed by atoms with Gasteiger partial charge in [0.25, 0.3) is 0 Å². The van der Waals surface area contributed by atoms with Crippen molar-refractivity contribution in [1.29, 1.82) is 0 Å². The van der Waals surface area contributed by atoms with E-state index in [-0.39, 0.29) is 0 Å². The zero-order valence-electron chi connectivity index (χ0n) is 36.8. The second kappa shape index (κ2) is 16.3. The Morgan fingerprint density at radius 1 is 0.250 bits per heavy atom. The third kappa shape index (κ3) is 6.74. The molecule has 318 valence electrons. The first-order chi connectivity index (χ1) is 33.7. The molecule has 0 radical (unpaired) electrons. The fraction of sp³-hybridized carbons (Fsp3) is 0. The first-order valence-corrected chi connectivity index (χ1v) is 22.9. The smallest absolute Gasteiger partial charge is 0.238 e. The standard InChI is InChI=1S/C62H40N6/c1-5-19-41(20-6-1)45-27-17-29-47(37-45)61-64-60(44-25-11-4-12-26-44)65-62(66-61)68-57-34-16-14-32-51(57)53-36-35-52-50-31-13-15-33-56(50)67(58(52)59(53)68)49-30-18-28-46(38-49)48-39-54(42-21-7-2-8-22-42)63-55(40-48)43-23-9-3-10-24-43/h1-40H. The molecule has 6 heteroatoms. The molecule has 4 aromatic heterocycles. The zero-order chi connectivity index (χ0) is 45.0. The van der Waals surface area contributed by atoms with Crippen molar-refractivity contribution in [2.45, 2.75) is 0 Å². The molecular weight excluding hydrogens is 829 g/mol. The Labute approximate surface area is 392 Å². The summed E-state index contributed by atoms with van der Waals surface area (Å²) in [6.07, 6.45) is 0. The highest BCUT2D eigenvalue weighted by atomic mass is 15.2. The molecule has 0 aliphatic rings. The number of hydrogen-bond acceptors (Lipinski definition) is 4. The monoisotopic (exact) mass is 868 g/mol. The molecule has 0 saturated heterocycles. The highest BCUT2D eigenvalue weighted by Gasteiger charge is 2.24. The Hall–Kier alpha value is -9.26. The van der Waals surface area contributed by atoms with Crippen molar-refractivity contribution in [3.63, 3.8) is 0 Å². The molecule has 0 aliphatic carbocycles. The van der Waals surface area contributed by atoms with E-state index in [9.17, 15) is 0 Å². The summed E-state index contributed by atoms with van der Waals surface area (Å²) in [4.78, 5) is 21.2. The van der Waals surface area contributed by atoms with Crippen molar-refractivity contribution in [3.8, 4) is 79.2 Å². The first kappa shape index (κ1) is 39.1. The number of nitrogens with zero attached hydrogens (tertiary/aromatic N) is 6. The van der Waals surface area contributed by atoms with E-state index in [0.717, 1.165) is 105 Å². The van der Waals surface area contributed by atoms with E-state index in [1.165, 1.54) is 0 Å². The van der Waals surface area contributed by atoms with Crippen LogP contribution in [0.25, 0.3) is 123 Å². The number of rotatable bonds is 8. The Bertz CT molecular complexity index is 3950. The minimum Gasteiger partial charge on any atom is -0.307 e. The Morgan fingerprint density at radius 2 is 0.691 bits per heavy atom. The van der Waals surface area contributed by atoms with E-state index in [4.69, 9.17) is 19.9 Å². The first-order valence-electron chi connectivity index (χ1n) is 22.9. The van der Waals surface area contributed by atoms with Gasteiger partial charge < -0.3 is 4.57 Å². The number of fused-ring (bicyclic) bond motifs is 7.